The Morgan fingerprint density at radius 1 is 0.909 bits per heavy atom. The van der Waals surface area contributed by atoms with E-state index in [0.29, 0.717) is 12.2 Å². The molecule has 0 radical (unpaired) electrons. The Labute approximate surface area is 129 Å². The summed E-state index contributed by atoms with van der Waals surface area (Å²) in [6, 6.07) is 0. The summed E-state index contributed by atoms with van der Waals surface area (Å²) in [7, 11) is 0. The molecule has 128 valence electrons. The molecule has 0 unspecified atom stereocenters. The normalized spacial score (nSPS) is 11.5. The molecular weight excluding hydrogens is 296 g/mol. The topological polar surface area (TPSA) is 141 Å². The van der Waals surface area contributed by atoms with Crippen molar-refractivity contribution in [1.82, 2.24) is 0 Å². The summed E-state index contributed by atoms with van der Waals surface area (Å²) in [5, 5.41) is 33.5. The summed E-state index contributed by atoms with van der Waals surface area (Å²) < 4.78 is 4.99. The lowest BCUT2D eigenvalue weighted by Gasteiger charge is -2.25. The minimum Gasteiger partial charge on any atom is -0.478 e. The third-order valence-electron chi connectivity index (χ3n) is 2.34. The number of hydrogen-bond acceptors (Lipinski definition) is 6. The van der Waals surface area contributed by atoms with Crippen molar-refractivity contribution < 1.29 is 39.5 Å². The number of aliphatic hydroxyl groups is 2. The van der Waals surface area contributed by atoms with Crippen molar-refractivity contribution in [1.29, 1.82) is 0 Å². The minimum absolute atomic E-state index is 0.0418. The van der Waals surface area contributed by atoms with Gasteiger partial charge in [0.1, 0.15) is 0 Å². The van der Waals surface area contributed by atoms with Crippen LogP contribution in [-0.4, -0.2) is 58.2 Å². The van der Waals surface area contributed by atoms with E-state index >= 15 is 0 Å². The van der Waals surface area contributed by atoms with Crippen LogP contribution in [-0.2, 0) is 19.1 Å². The summed E-state index contributed by atoms with van der Waals surface area (Å²) >= 11 is 0. The van der Waals surface area contributed by atoms with Crippen molar-refractivity contribution in [3.05, 3.63) is 12.2 Å². The van der Waals surface area contributed by atoms with E-state index < -0.39 is 28.7 Å². The Kier molecular flexibility index (Phi) is 10.1. The molecule has 8 heteroatoms. The number of ether oxygens (including phenoxy) is 1. The van der Waals surface area contributed by atoms with Crippen LogP contribution in [0.4, 0.5) is 0 Å². The van der Waals surface area contributed by atoms with E-state index in [-0.39, 0.29) is 19.8 Å². The molecule has 0 saturated heterocycles. The second-order valence-electron chi connectivity index (χ2n) is 5.95. The highest BCUT2D eigenvalue weighted by atomic mass is 16.5. The zero-order valence-electron chi connectivity index (χ0n) is 13.2. The second kappa shape index (κ2) is 9.91. The molecule has 0 aliphatic carbocycles. The van der Waals surface area contributed by atoms with E-state index in [2.05, 4.69) is 0 Å². The third-order valence-corrected chi connectivity index (χ3v) is 2.34. The average molecular weight is 320 g/mol. The number of aliphatic hydroxyl groups excluding tert-OH is 2. The maximum Gasteiger partial charge on any atom is 0.328 e. The molecule has 0 aromatic heterocycles. The summed E-state index contributed by atoms with van der Waals surface area (Å²) in [6.45, 7) is 6.69. The van der Waals surface area contributed by atoms with E-state index in [4.69, 9.17) is 25.2 Å². The third kappa shape index (κ3) is 11.9. The minimum atomic E-state index is -1.26. The second-order valence-corrected chi connectivity index (χ2v) is 5.95. The Morgan fingerprint density at radius 3 is 1.59 bits per heavy atom. The van der Waals surface area contributed by atoms with Gasteiger partial charge in [-0.3, -0.25) is 4.79 Å². The van der Waals surface area contributed by atoms with E-state index in [9.17, 15) is 14.4 Å². The van der Waals surface area contributed by atoms with E-state index in [1.54, 1.807) is 27.7 Å². The van der Waals surface area contributed by atoms with E-state index in [1.807, 2.05) is 0 Å². The van der Waals surface area contributed by atoms with Gasteiger partial charge in [-0.2, -0.15) is 0 Å². The van der Waals surface area contributed by atoms with Crippen molar-refractivity contribution >= 4 is 17.9 Å². The molecule has 0 saturated carbocycles. The monoisotopic (exact) mass is 320 g/mol. The largest absolute Gasteiger partial charge is 0.478 e. The fourth-order valence-corrected chi connectivity index (χ4v) is 0.709. The van der Waals surface area contributed by atoms with Gasteiger partial charge in [0, 0.05) is 17.6 Å². The first-order valence-corrected chi connectivity index (χ1v) is 6.41. The van der Waals surface area contributed by atoms with E-state index in [0.717, 1.165) is 0 Å². The highest BCUT2D eigenvalue weighted by molar-refractivity contribution is 5.89. The fourth-order valence-electron chi connectivity index (χ4n) is 0.709. The van der Waals surface area contributed by atoms with Crippen LogP contribution in [0.5, 0.6) is 0 Å². The Hall–Kier alpha value is -1.93. The van der Waals surface area contributed by atoms with Crippen LogP contribution in [0.3, 0.4) is 0 Å². The van der Waals surface area contributed by atoms with Crippen molar-refractivity contribution in [2.75, 3.05) is 19.8 Å². The van der Waals surface area contributed by atoms with Gasteiger partial charge in [0.15, 0.2) is 0 Å². The van der Waals surface area contributed by atoms with Crippen molar-refractivity contribution in [3.63, 3.8) is 0 Å². The van der Waals surface area contributed by atoms with Gasteiger partial charge in [0.05, 0.1) is 25.2 Å². The highest BCUT2D eigenvalue weighted by Gasteiger charge is 2.30. The predicted molar refractivity (Wildman–Crippen MR) is 77.1 cm³/mol. The molecule has 0 fully saturated rings. The SMILES string of the molecule is CC(C)(CO)COC(=O)C(C)(C)CO.O=C(O)C=CC(=O)O. The molecule has 0 amide bonds. The summed E-state index contributed by atoms with van der Waals surface area (Å²) in [4.78, 5) is 30.5. The number of aliphatic carboxylic acids is 2. The number of carbonyl (C=O) groups is 3. The molecule has 22 heavy (non-hydrogen) atoms. The standard InChI is InChI=1S/C10H20O4.C4H4O4/c1-9(2,5-11)7-14-8(13)10(3,4)6-12;5-3(6)1-2-4(7)8/h11-12H,5-7H2,1-4H3;1-2H,(H,5,6)(H,7,8). The molecule has 0 spiro atoms. The highest BCUT2D eigenvalue weighted by Crippen LogP contribution is 2.19. The average Bonchev–Trinajstić information content (AvgIpc) is 2.43. The Bertz CT molecular complexity index is 393. The van der Waals surface area contributed by atoms with Gasteiger partial charge < -0.3 is 25.2 Å². The van der Waals surface area contributed by atoms with Gasteiger partial charge in [-0.15, -0.1) is 0 Å². The Balaban J connectivity index is 0. The van der Waals surface area contributed by atoms with Gasteiger partial charge in [-0.05, 0) is 13.8 Å². The van der Waals surface area contributed by atoms with Crippen LogP contribution in [0, 0.1) is 10.8 Å². The fraction of sp³-hybridized carbons (Fsp3) is 0.643. The molecule has 0 aliphatic heterocycles. The van der Waals surface area contributed by atoms with Gasteiger partial charge in [-0.25, -0.2) is 9.59 Å². The lowest BCUT2D eigenvalue weighted by Crippen LogP contribution is -2.34. The number of carboxylic acid groups (broad SMARTS) is 2. The zero-order valence-corrected chi connectivity index (χ0v) is 13.2. The number of carbonyl (C=O) groups excluding carboxylic acids is 1. The van der Waals surface area contributed by atoms with Crippen LogP contribution in [0.15, 0.2) is 12.2 Å². The summed E-state index contributed by atoms with van der Waals surface area (Å²) in [5.74, 6) is -2.96. The number of rotatable bonds is 7. The quantitative estimate of drug-likeness (QED) is 0.387. The molecule has 0 atom stereocenters. The first-order chi connectivity index (χ1) is 9.88. The zero-order chi connectivity index (χ0) is 18.0. The van der Waals surface area contributed by atoms with E-state index in [1.165, 1.54) is 0 Å². The van der Waals surface area contributed by atoms with Crippen molar-refractivity contribution in [2.24, 2.45) is 10.8 Å². The lowest BCUT2D eigenvalue weighted by molar-refractivity contribution is -0.160. The van der Waals surface area contributed by atoms with Crippen molar-refractivity contribution in [3.8, 4) is 0 Å². The van der Waals surface area contributed by atoms with Gasteiger partial charge in [-0.1, -0.05) is 13.8 Å². The van der Waals surface area contributed by atoms with Crippen LogP contribution in [0.2, 0.25) is 0 Å². The molecule has 0 aliphatic rings. The molecule has 4 N–H and O–H groups in total. The van der Waals surface area contributed by atoms with Gasteiger partial charge in [0.25, 0.3) is 0 Å². The first-order valence-electron chi connectivity index (χ1n) is 6.41. The molecule has 8 nitrogen and oxygen atoms in total. The van der Waals surface area contributed by atoms with Crippen LogP contribution in [0.1, 0.15) is 27.7 Å². The maximum atomic E-state index is 11.4. The smallest absolute Gasteiger partial charge is 0.328 e. The molecule has 0 bridgehead atoms. The lowest BCUT2D eigenvalue weighted by atomic mass is 9.94. The molecular formula is C14H24O8. The Morgan fingerprint density at radius 2 is 1.32 bits per heavy atom. The van der Waals surface area contributed by atoms with Gasteiger partial charge in [0.2, 0.25) is 0 Å². The van der Waals surface area contributed by atoms with Crippen LogP contribution < -0.4 is 0 Å². The number of esters is 1. The number of carboxylic acids is 2. The summed E-state index contributed by atoms with van der Waals surface area (Å²) in [6.07, 6.45) is 1.12. The van der Waals surface area contributed by atoms with Gasteiger partial charge >= 0.3 is 17.9 Å². The number of hydrogen-bond donors (Lipinski definition) is 4. The van der Waals surface area contributed by atoms with Crippen LogP contribution >= 0.6 is 0 Å². The molecule has 0 rings (SSSR count). The first kappa shape index (κ1) is 22.4. The maximum absolute atomic E-state index is 11.4. The summed E-state index contributed by atoms with van der Waals surface area (Å²) in [5.41, 5.74) is -1.30. The molecule has 0 heterocycles. The predicted octanol–water partition coefficient (Wildman–Crippen LogP) is 0.278. The van der Waals surface area contributed by atoms with Crippen molar-refractivity contribution in [2.45, 2.75) is 27.7 Å². The molecule has 0 aromatic rings. The van der Waals surface area contributed by atoms with Crippen LogP contribution in [0.25, 0.3) is 0 Å². The molecule has 0 aromatic carbocycles.